The number of carbonyl (C=O) groups is 2. The molecule has 0 aromatic rings. The van der Waals surface area contributed by atoms with E-state index in [0.717, 1.165) is 44.9 Å². The third-order valence-electron chi connectivity index (χ3n) is 10.2. The van der Waals surface area contributed by atoms with Crippen LogP contribution in [0.3, 0.4) is 0 Å². The van der Waals surface area contributed by atoms with Gasteiger partial charge in [0.1, 0.15) is 6.61 Å². The van der Waals surface area contributed by atoms with Crippen molar-refractivity contribution >= 4 is 19.8 Å². The van der Waals surface area contributed by atoms with Gasteiger partial charge in [0.2, 0.25) is 0 Å². The van der Waals surface area contributed by atoms with Crippen LogP contribution in [0, 0.1) is 0 Å². The number of unbranched alkanes of at least 4 members (excludes halogenated alkanes) is 29. The van der Waals surface area contributed by atoms with Crippen LogP contribution in [-0.2, 0) is 32.7 Å². The average molecular weight is 802 g/mol. The Kier molecular flexibility index (Phi) is 41.4. The van der Waals surface area contributed by atoms with E-state index < -0.39 is 26.5 Å². The fourth-order valence-electron chi connectivity index (χ4n) is 6.69. The van der Waals surface area contributed by atoms with E-state index in [-0.39, 0.29) is 38.6 Å². The van der Waals surface area contributed by atoms with Crippen molar-refractivity contribution in [1.82, 2.24) is 0 Å². The second-order valence-corrected chi connectivity index (χ2v) is 17.1. The molecule has 10 heteroatoms. The lowest BCUT2D eigenvalue weighted by molar-refractivity contribution is -0.161. The van der Waals surface area contributed by atoms with Crippen LogP contribution in [0.5, 0.6) is 0 Å². The summed E-state index contributed by atoms with van der Waals surface area (Å²) in [5.74, 6) is -0.821. The topological polar surface area (TPSA) is 134 Å². The summed E-state index contributed by atoms with van der Waals surface area (Å²) in [5.41, 5.74) is 5.35. The second kappa shape index (κ2) is 42.4. The van der Waals surface area contributed by atoms with E-state index in [4.69, 9.17) is 24.3 Å². The van der Waals surface area contributed by atoms with Crippen molar-refractivity contribution in [3.05, 3.63) is 12.2 Å². The van der Waals surface area contributed by atoms with Crippen LogP contribution >= 0.6 is 7.82 Å². The van der Waals surface area contributed by atoms with Crippen molar-refractivity contribution in [2.45, 2.75) is 238 Å². The lowest BCUT2D eigenvalue weighted by atomic mass is 10.0. The maximum atomic E-state index is 12.6. The Morgan fingerprint density at radius 2 is 0.891 bits per heavy atom. The van der Waals surface area contributed by atoms with E-state index in [1.165, 1.54) is 154 Å². The molecule has 0 aliphatic carbocycles. The normalized spacial score (nSPS) is 13.3. The maximum absolute atomic E-state index is 12.6. The van der Waals surface area contributed by atoms with Gasteiger partial charge in [0.05, 0.1) is 13.2 Å². The molecular weight excluding hydrogens is 713 g/mol. The predicted molar refractivity (Wildman–Crippen MR) is 229 cm³/mol. The molecule has 9 nitrogen and oxygen atoms in total. The third-order valence-corrected chi connectivity index (χ3v) is 11.1. The highest BCUT2D eigenvalue weighted by Crippen LogP contribution is 2.43. The molecule has 2 unspecified atom stereocenters. The number of rotatable bonds is 44. The summed E-state index contributed by atoms with van der Waals surface area (Å²) in [6, 6.07) is 0. The number of hydrogen-bond donors (Lipinski definition) is 2. The van der Waals surface area contributed by atoms with Crippen molar-refractivity contribution in [2.75, 3.05) is 26.4 Å². The van der Waals surface area contributed by atoms with Crippen molar-refractivity contribution in [3.63, 3.8) is 0 Å². The summed E-state index contributed by atoms with van der Waals surface area (Å²) in [6.45, 7) is 3.75. The molecular formula is C45H88NO8P. The Hall–Kier alpha value is -1.25. The smallest absolute Gasteiger partial charge is 0.462 e. The van der Waals surface area contributed by atoms with Gasteiger partial charge in [-0.3, -0.25) is 18.6 Å². The first-order chi connectivity index (χ1) is 26.8. The van der Waals surface area contributed by atoms with Crippen molar-refractivity contribution in [2.24, 2.45) is 5.73 Å². The molecule has 0 radical (unpaired) electrons. The Morgan fingerprint density at radius 3 is 1.31 bits per heavy atom. The van der Waals surface area contributed by atoms with Crippen LogP contribution in [0.4, 0.5) is 0 Å². The monoisotopic (exact) mass is 802 g/mol. The number of phosphoric acid groups is 1. The highest BCUT2D eigenvalue weighted by Gasteiger charge is 2.26. The van der Waals surface area contributed by atoms with E-state index in [9.17, 15) is 19.0 Å². The van der Waals surface area contributed by atoms with E-state index in [1.807, 2.05) is 0 Å². The molecule has 326 valence electrons. The zero-order chi connectivity index (χ0) is 40.3. The van der Waals surface area contributed by atoms with Crippen LogP contribution in [0.25, 0.3) is 0 Å². The lowest BCUT2D eigenvalue weighted by Gasteiger charge is -2.19. The first-order valence-electron chi connectivity index (χ1n) is 23.2. The number of carbonyl (C=O) groups excluding carboxylic acids is 2. The molecule has 0 spiro atoms. The zero-order valence-electron chi connectivity index (χ0n) is 35.9. The number of hydrogen-bond acceptors (Lipinski definition) is 8. The predicted octanol–water partition coefficient (Wildman–Crippen LogP) is 13.4. The number of ether oxygens (including phenoxy) is 2. The minimum Gasteiger partial charge on any atom is -0.462 e. The molecule has 3 N–H and O–H groups in total. The maximum Gasteiger partial charge on any atom is 0.472 e. The van der Waals surface area contributed by atoms with Gasteiger partial charge < -0.3 is 20.1 Å². The highest BCUT2D eigenvalue weighted by atomic mass is 31.2. The number of esters is 2. The molecule has 0 aromatic carbocycles. The van der Waals surface area contributed by atoms with Gasteiger partial charge in [0.25, 0.3) is 0 Å². The Balaban J connectivity index is 4.06. The molecule has 0 bridgehead atoms. The van der Waals surface area contributed by atoms with Crippen molar-refractivity contribution in [3.8, 4) is 0 Å². The minimum absolute atomic E-state index is 0.0556. The average Bonchev–Trinajstić information content (AvgIpc) is 3.17. The van der Waals surface area contributed by atoms with E-state index >= 15 is 0 Å². The summed E-state index contributed by atoms with van der Waals surface area (Å²) in [4.78, 5) is 34.9. The Labute approximate surface area is 339 Å². The van der Waals surface area contributed by atoms with Crippen molar-refractivity contribution in [1.29, 1.82) is 0 Å². The van der Waals surface area contributed by atoms with Gasteiger partial charge in [-0.2, -0.15) is 0 Å². The van der Waals surface area contributed by atoms with E-state index in [2.05, 4.69) is 26.0 Å². The number of allylic oxidation sites excluding steroid dienone is 2. The minimum atomic E-state index is -4.37. The molecule has 0 aliphatic rings. The number of phosphoric ester groups is 1. The van der Waals surface area contributed by atoms with Gasteiger partial charge in [0.15, 0.2) is 6.10 Å². The molecule has 0 amide bonds. The van der Waals surface area contributed by atoms with Gasteiger partial charge in [0, 0.05) is 19.4 Å². The van der Waals surface area contributed by atoms with Crippen LogP contribution in [-0.4, -0.2) is 49.3 Å². The number of nitrogens with two attached hydrogens (primary N) is 1. The van der Waals surface area contributed by atoms with Crippen molar-refractivity contribution < 1.29 is 37.6 Å². The fraction of sp³-hybridized carbons (Fsp3) is 0.911. The largest absolute Gasteiger partial charge is 0.472 e. The van der Waals surface area contributed by atoms with E-state index in [1.54, 1.807) is 0 Å². The van der Waals surface area contributed by atoms with Gasteiger partial charge in [-0.15, -0.1) is 0 Å². The van der Waals surface area contributed by atoms with Crippen LogP contribution < -0.4 is 5.73 Å². The Bertz CT molecular complexity index is 917. The van der Waals surface area contributed by atoms with Gasteiger partial charge >= 0.3 is 19.8 Å². The summed E-state index contributed by atoms with van der Waals surface area (Å²) < 4.78 is 32.8. The van der Waals surface area contributed by atoms with Crippen LogP contribution in [0.2, 0.25) is 0 Å². The summed E-state index contributed by atoms with van der Waals surface area (Å²) >= 11 is 0. The van der Waals surface area contributed by atoms with E-state index in [0.29, 0.717) is 6.42 Å². The summed E-state index contributed by atoms with van der Waals surface area (Å²) in [5, 5.41) is 0. The molecule has 2 atom stereocenters. The summed E-state index contributed by atoms with van der Waals surface area (Å²) in [7, 11) is -4.37. The quantitative estimate of drug-likeness (QED) is 0.0267. The first-order valence-corrected chi connectivity index (χ1v) is 24.7. The SMILES string of the molecule is CCCCCCC=CCCCCCCCCCC(=O)OC(COC(=O)CCCCCCCCCCCCCCCCCCCCC)COP(=O)(O)OCCN. The van der Waals surface area contributed by atoms with Gasteiger partial charge in [-0.25, -0.2) is 4.57 Å². The Morgan fingerprint density at radius 1 is 0.527 bits per heavy atom. The molecule has 0 aromatic heterocycles. The standard InChI is InChI=1S/C45H88NO8P/c1-3-5-7-9-11-13-15-17-19-20-21-22-24-25-27-29-31-33-35-37-44(47)51-41-43(42-53-55(49,50)52-40-39-46)54-45(48)38-36-34-32-30-28-26-23-18-16-14-12-10-8-6-4-2/h14,16,43H,3-13,15,17-42,46H2,1-2H3,(H,49,50). The molecule has 0 rings (SSSR count). The third kappa shape index (κ3) is 42.2. The fourth-order valence-corrected chi connectivity index (χ4v) is 7.45. The molecule has 55 heavy (non-hydrogen) atoms. The molecule has 0 saturated heterocycles. The van der Waals surface area contributed by atoms with Crippen LogP contribution in [0.15, 0.2) is 12.2 Å². The van der Waals surface area contributed by atoms with Crippen LogP contribution in [0.1, 0.15) is 232 Å². The molecule has 0 aliphatic heterocycles. The highest BCUT2D eigenvalue weighted by molar-refractivity contribution is 7.47. The lowest BCUT2D eigenvalue weighted by Crippen LogP contribution is -2.29. The zero-order valence-corrected chi connectivity index (χ0v) is 36.8. The molecule has 0 saturated carbocycles. The van der Waals surface area contributed by atoms with Gasteiger partial charge in [-0.05, 0) is 38.5 Å². The first kappa shape index (κ1) is 53.8. The molecule has 0 fully saturated rings. The second-order valence-electron chi connectivity index (χ2n) is 15.6. The molecule has 0 heterocycles. The van der Waals surface area contributed by atoms with Gasteiger partial charge in [-0.1, -0.05) is 193 Å². The summed E-state index contributed by atoms with van der Waals surface area (Å²) in [6.07, 6.45) is 43.8.